The van der Waals surface area contributed by atoms with Crippen molar-refractivity contribution in [1.82, 2.24) is 4.90 Å². The molecule has 1 aliphatic rings. The topological polar surface area (TPSA) is 20.3 Å². The fourth-order valence-corrected chi connectivity index (χ4v) is 1.80. The highest BCUT2D eigenvalue weighted by molar-refractivity contribution is 5.93. The van der Waals surface area contributed by atoms with Crippen LogP contribution in [-0.4, -0.2) is 30.4 Å². The van der Waals surface area contributed by atoms with Crippen LogP contribution in [0, 0.1) is 5.92 Å². The normalized spacial score (nSPS) is 23.8. The molecule has 2 unspecified atom stereocenters. The van der Waals surface area contributed by atoms with Crippen LogP contribution < -0.4 is 0 Å². The summed E-state index contributed by atoms with van der Waals surface area (Å²) in [6, 6.07) is 0. The lowest BCUT2D eigenvalue weighted by Crippen LogP contribution is -2.17. The van der Waals surface area contributed by atoms with Crippen LogP contribution in [0.15, 0.2) is 36.1 Å². The molecule has 2 atom stereocenters. The van der Waals surface area contributed by atoms with Gasteiger partial charge in [-0.1, -0.05) is 13.0 Å². The Morgan fingerprint density at radius 1 is 1.53 bits per heavy atom. The number of hydrogen-bond donors (Lipinski definition) is 0. The third-order valence-electron chi connectivity index (χ3n) is 2.87. The lowest BCUT2D eigenvalue weighted by molar-refractivity contribution is -0.117. The Morgan fingerprint density at radius 3 is 2.84 bits per heavy atom. The van der Waals surface area contributed by atoms with E-state index in [1.165, 1.54) is 12.2 Å². The molecule has 0 aromatic heterocycles. The van der Waals surface area contributed by atoms with E-state index in [1.807, 2.05) is 18.9 Å². The van der Waals surface area contributed by atoms with Crippen molar-refractivity contribution in [3.63, 3.8) is 0 Å². The van der Waals surface area contributed by atoms with E-state index in [0.29, 0.717) is 0 Å². The summed E-state index contributed by atoms with van der Waals surface area (Å²) in [5, 5.41) is 0. The summed E-state index contributed by atoms with van der Waals surface area (Å²) in [7, 11) is 1.81. The fraction of sp³-hybridized carbons (Fsp3) is 0.500. The van der Waals surface area contributed by atoms with Gasteiger partial charge in [0.1, 0.15) is 0 Å². The molecule has 0 aliphatic heterocycles. The van der Waals surface area contributed by atoms with Gasteiger partial charge >= 0.3 is 0 Å². The number of carbonyl (C=O) groups is 1. The van der Waals surface area contributed by atoms with E-state index in [9.17, 15) is 18.0 Å². The van der Waals surface area contributed by atoms with Crippen LogP contribution in [0.2, 0.25) is 0 Å². The summed E-state index contributed by atoms with van der Waals surface area (Å²) >= 11 is 0. The van der Waals surface area contributed by atoms with E-state index >= 15 is 0 Å². The number of hydrogen-bond acceptors (Lipinski definition) is 2. The maximum absolute atomic E-state index is 13.3. The third-order valence-corrected chi connectivity index (χ3v) is 2.87. The van der Waals surface area contributed by atoms with Crippen LogP contribution >= 0.6 is 0 Å². The van der Waals surface area contributed by atoms with E-state index in [4.69, 9.17) is 0 Å². The predicted molar refractivity (Wildman–Crippen MR) is 68.5 cm³/mol. The zero-order chi connectivity index (χ0) is 14.4. The molecule has 0 aromatic rings. The van der Waals surface area contributed by atoms with Gasteiger partial charge in [-0.05, 0) is 25.0 Å². The standard InChI is InChI=1S/C14H18F3NO/c1-3-7-18(2)8-6-13(19)10-4-5-11(15)14(17)12(16)9-10/h4-6,8,10,12H,3,7,9H2,1-2H3/b8-6-. The molecule has 5 heteroatoms. The van der Waals surface area contributed by atoms with Gasteiger partial charge in [-0.15, -0.1) is 0 Å². The Morgan fingerprint density at radius 2 is 2.21 bits per heavy atom. The fourth-order valence-electron chi connectivity index (χ4n) is 1.80. The van der Waals surface area contributed by atoms with Crippen molar-refractivity contribution in [2.24, 2.45) is 5.92 Å². The highest BCUT2D eigenvalue weighted by Crippen LogP contribution is 2.27. The first-order chi connectivity index (χ1) is 8.95. The Hall–Kier alpha value is -1.52. The molecule has 1 aliphatic carbocycles. The van der Waals surface area contributed by atoms with E-state index in [1.54, 1.807) is 6.20 Å². The summed E-state index contributed by atoms with van der Waals surface area (Å²) < 4.78 is 39.3. The maximum Gasteiger partial charge on any atom is 0.170 e. The molecule has 0 N–H and O–H groups in total. The van der Waals surface area contributed by atoms with Crippen molar-refractivity contribution >= 4 is 5.78 Å². The van der Waals surface area contributed by atoms with Crippen molar-refractivity contribution < 1.29 is 18.0 Å². The Balaban J connectivity index is 2.67. The Kier molecular flexibility index (Phi) is 5.86. The zero-order valence-electron chi connectivity index (χ0n) is 11.1. The molecule has 19 heavy (non-hydrogen) atoms. The van der Waals surface area contributed by atoms with E-state index in [0.717, 1.165) is 19.0 Å². The number of halogens is 3. The number of ketones is 1. The molecule has 0 heterocycles. The molecule has 1 rings (SSSR count). The van der Waals surface area contributed by atoms with Crippen LogP contribution in [0.5, 0.6) is 0 Å². The molecule has 0 aromatic carbocycles. The van der Waals surface area contributed by atoms with E-state index in [2.05, 4.69) is 0 Å². The van der Waals surface area contributed by atoms with Gasteiger partial charge in [0.2, 0.25) is 0 Å². The minimum atomic E-state index is -2.06. The Bertz CT molecular complexity index is 415. The highest BCUT2D eigenvalue weighted by atomic mass is 19.2. The van der Waals surface area contributed by atoms with Crippen LogP contribution in [0.3, 0.4) is 0 Å². The van der Waals surface area contributed by atoms with Crippen LogP contribution in [0.4, 0.5) is 13.2 Å². The summed E-state index contributed by atoms with van der Waals surface area (Å²) in [4.78, 5) is 13.6. The second-order valence-corrected chi connectivity index (χ2v) is 4.56. The molecule has 0 saturated carbocycles. The van der Waals surface area contributed by atoms with Gasteiger partial charge in [0.05, 0.1) is 0 Å². The number of alkyl halides is 1. The molecule has 0 fully saturated rings. The molecule has 2 nitrogen and oxygen atoms in total. The average Bonchev–Trinajstić information content (AvgIpc) is 2.50. The van der Waals surface area contributed by atoms with Gasteiger partial charge in [0.15, 0.2) is 23.6 Å². The van der Waals surface area contributed by atoms with Crippen LogP contribution in [0.25, 0.3) is 0 Å². The van der Waals surface area contributed by atoms with Crippen molar-refractivity contribution in [2.75, 3.05) is 13.6 Å². The monoisotopic (exact) mass is 273 g/mol. The summed E-state index contributed by atoms with van der Waals surface area (Å²) in [5.74, 6) is -3.86. The lowest BCUT2D eigenvalue weighted by Gasteiger charge is -2.13. The molecule has 0 bridgehead atoms. The average molecular weight is 273 g/mol. The number of rotatable bonds is 5. The minimum Gasteiger partial charge on any atom is -0.380 e. The van der Waals surface area contributed by atoms with Gasteiger partial charge in [0, 0.05) is 25.7 Å². The smallest absolute Gasteiger partial charge is 0.170 e. The number of allylic oxidation sites excluding steroid dienone is 5. The first-order valence-corrected chi connectivity index (χ1v) is 6.25. The van der Waals surface area contributed by atoms with Gasteiger partial charge in [-0.2, -0.15) is 0 Å². The molecule has 0 spiro atoms. The van der Waals surface area contributed by atoms with E-state index in [-0.39, 0.29) is 12.2 Å². The van der Waals surface area contributed by atoms with Crippen molar-refractivity contribution in [1.29, 1.82) is 0 Å². The second-order valence-electron chi connectivity index (χ2n) is 4.56. The third kappa shape index (κ3) is 4.58. The van der Waals surface area contributed by atoms with Gasteiger partial charge in [0.25, 0.3) is 0 Å². The largest absolute Gasteiger partial charge is 0.380 e. The first-order valence-electron chi connectivity index (χ1n) is 6.25. The second kappa shape index (κ2) is 7.16. The minimum absolute atomic E-state index is 0.357. The summed E-state index contributed by atoms with van der Waals surface area (Å²) in [6.07, 6.45) is 3.45. The van der Waals surface area contributed by atoms with E-state index < -0.39 is 23.7 Å². The number of carbonyl (C=O) groups excluding carboxylic acids is 1. The summed E-state index contributed by atoms with van der Waals surface area (Å²) in [6.45, 7) is 2.80. The van der Waals surface area contributed by atoms with Crippen molar-refractivity contribution in [3.8, 4) is 0 Å². The molecule has 0 amide bonds. The van der Waals surface area contributed by atoms with Crippen molar-refractivity contribution in [2.45, 2.75) is 25.9 Å². The molecule has 106 valence electrons. The SMILES string of the molecule is CCCN(C)/C=C\C(=O)C1C=CC(F)=C(F)C(F)C1. The van der Waals surface area contributed by atoms with Crippen LogP contribution in [-0.2, 0) is 4.79 Å². The first kappa shape index (κ1) is 15.5. The van der Waals surface area contributed by atoms with Crippen molar-refractivity contribution in [3.05, 3.63) is 36.1 Å². The van der Waals surface area contributed by atoms with Gasteiger partial charge < -0.3 is 4.90 Å². The van der Waals surface area contributed by atoms with Gasteiger partial charge in [-0.3, -0.25) is 4.79 Å². The highest BCUT2D eigenvalue weighted by Gasteiger charge is 2.27. The number of nitrogens with zero attached hydrogens (tertiary/aromatic N) is 1. The quantitative estimate of drug-likeness (QED) is 0.715. The molecular weight excluding hydrogens is 255 g/mol. The summed E-state index contributed by atoms with van der Waals surface area (Å²) in [5.41, 5.74) is 0. The molecule has 0 radical (unpaired) electrons. The Labute approximate surface area is 111 Å². The lowest BCUT2D eigenvalue weighted by atomic mass is 9.98. The zero-order valence-corrected chi connectivity index (χ0v) is 11.1. The maximum atomic E-state index is 13.3. The predicted octanol–water partition coefficient (Wildman–Crippen LogP) is 3.48. The van der Waals surface area contributed by atoms with Gasteiger partial charge in [-0.25, -0.2) is 13.2 Å². The molecule has 0 saturated heterocycles. The van der Waals surface area contributed by atoms with Crippen LogP contribution in [0.1, 0.15) is 19.8 Å². The molecular formula is C14H18F3NO.